The van der Waals surface area contributed by atoms with E-state index in [0.29, 0.717) is 6.04 Å². The molecule has 13 heavy (non-hydrogen) atoms. The van der Waals surface area contributed by atoms with Crippen LogP contribution in [0.25, 0.3) is 0 Å². The third-order valence-electron chi connectivity index (χ3n) is 2.84. The van der Waals surface area contributed by atoms with Crippen molar-refractivity contribution in [2.45, 2.75) is 25.3 Å². The smallest absolute Gasteiger partial charge is 0.126 e. The van der Waals surface area contributed by atoms with Gasteiger partial charge in [0.1, 0.15) is 5.82 Å². The maximum Gasteiger partial charge on any atom is 0.126 e. The highest BCUT2D eigenvalue weighted by Gasteiger charge is 2.19. The predicted molar refractivity (Wildman–Crippen MR) is 51.3 cm³/mol. The van der Waals surface area contributed by atoms with Gasteiger partial charge in [-0.1, -0.05) is 12.1 Å². The lowest BCUT2D eigenvalue weighted by atomic mass is 9.88. The van der Waals surface area contributed by atoms with Crippen LogP contribution in [0.1, 0.15) is 17.5 Å². The van der Waals surface area contributed by atoms with E-state index in [9.17, 15) is 4.39 Å². The molecule has 0 aromatic heterocycles. The quantitative estimate of drug-likeness (QED) is 0.694. The molecule has 1 nitrogen and oxygen atoms in total. The van der Waals surface area contributed by atoms with Crippen LogP contribution in [0.5, 0.6) is 0 Å². The van der Waals surface area contributed by atoms with Gasteiger partial charge in [-0.2, -0.15) is 0 Å². The molecule has 1 aliphatic rings. The van der Waals surface area contributed by atoms with Crippen molar-refractivity contribution < 1.29 is 4.39 Å². The summed E-state index contributed by atoms with van der Waals surface area (Å²) in [5.41, 5.74) is 2.10. The van der Waals surface area contributed by atoms with E-state index in [1.807, 2.05) is 13.1 Å². The molecule has 0 bridgehead atoms. The lowest BCUT2D eigenvalue weighted by molar-refractivity contribution is 0.477. The third-order valence-corrected chi connectivity index (χ3v) is 2.84. The minimum Gasteiger partial charge on any atom is -0.317 e. The summed E-state index contributed by atoms with van der Waals surface area (Å²) in [6, 6.07) is 5.83. The van der Waals surface area contributed by atoms with E-state index in [-0.39, 0.29) is 5.82 Å². The molecule has 1 N–H and O–H groups in total. The van der Waals surface area contributed by atoms with Gasteiger partial charge in [-0.15, -0.1) is 0 Å². The molecule has 0 fully saturated rings. The summed E-state index contributed by atoms with van der Waals surface area (Å²) in [7, 11) is 1.94. The Morgan fingerprint density at radius 1 is 1.46 bits per heavy atom. The van der Waals surface area contributed by atoms with Gasteiger partial charge in [0, 0.05) is 6.04 Å². The fraction of sp³-hybridized carbons (Fsp3) is 0.455. The van der Waals surface area contributed by atoms with Gasteiger partial charge in [0.05, 0.1) is 0 Å². The van der Waals surface area contributed by atoms with Crippen molar-refractivity contribution in [1.29, 1.82) is 0 Å². The molecular weight excluding hydrogens is 165 g/mol. The Morgan fingerprint density at radius 3 is 3.08 bits per heavy atom. The zero-order valence-corrected chi connectivity index (χ0v) is 7.81. The van der Waals surface area contributed by atoms with Crippen LogP contribution < -0.4 is 5.32 Å². The topological polar surface area (TPSA) is 12.0 Å². The Hall–Kier alpha value is -0.890. The van der Waals surface area contributed by atoms with Crippen molar-refractivity contribution in [2.24, 2.45) is 0 Å². The molecule has 0 aliphatic heterocycles. The molecule has 1 atom stereocenters. The zero-order valence-electron chi connectivity index (χ0n) is 7.81. The number of likely N-dealkylation sites (N-methyl/N-ethyl adjacent to an activating group) is 1. The largest absolute Gasteiger partial charge is 0.317 e. The summed E-state index contributed by atoms with van der Waals surface area (Å²) < 4.78 is 13.4. The molecule has 2 rings (SSSR count). The van der Waals surface area contributed by atoms with Crippen LogP contribution in [-0.4, -0.2) is 13.1 Å². The summed E-state index contributed by atoms with van der Waals surface area (Å²) in [6.45, 7) is 0. The molecule has 0 amide bonds. The van der Waals surface area contributed by atoms with E-state index in [0.717, 1.165) is 24.8 Å². The second-order valence-corrected chi connectivity index (χ2v) is 3.61. The molecule has 0 heterocycles. The molecule has 1 aromatic carbocycles. The second-order valence-electron chi connectivity index (χ2n) is 3.61. The van der Waals surface area contributed by atoms with Crippen LogP contribution in [-0.2, 0) is 12.8 Å². The van der Waals surface area contributed by atoms with Crippen LogP contribution in [0.2, 0.25) is 0 Å². The molecule has 1 unspecified atom stereocenters. The van der Waals surface area contributed by atoms with E-state index >= 15 is 0 Å². The first-order valence-corrected chi connectivity index (χ1v) is 4.75. The molecule has 2 heteroatoms. The van der Waals surface area contributed by atoms with Gasteiger partial charge in [0.15, 0.2) is 0 Å². The number of nitrogens with one attached hydrogen (secondary N) is 1. The molecule has 0 radical (unpaired) electrons. The highest BCUT2D eigenvalue weighted by atomic mass is 19.1. The third kappa shape index (κ3) is 1.59. The highest BCUT2D eigenvalue weighted by Crippen LogP contribution is 2.23. The highest BCUT2D eigenvalue weighted by molar-refractivity contribution is 5.31. The number of hydrogen-bond donors (Lipinski definition) is 1. The Morgan fingerprint density at radius 2 is 2.31 bits per heavy atom. The summed E-state index contributed by atoms with van der Waals surface area (Å²) in [4.78, 5) is 0. The first-order valence-electron chi connectivity index (χ1n) is 4.75. The molecular formula is C11H14FN. The number of benzene rings is 1. The normalized spacial score (nSPS) is 21.2. The van der Waals surface area contributed by atoms with Gasteiger partial charge >= 0.3 is 0 Å². The molecule has 70 valence electrons. The van der Waals surface area contributed by atoms with Crippen LogP contribution in [0, 0.1) is 5.82 Å². The van der Waals surface area contributed by atoms with E-state index in [2.05, 4.69) is 5.32 Å². The van der Waals surface area contributed by atoms with Crippen LogP contribution >= 0.6 is 0 Å². The summed E-state index contributed by atoms with van der Waals surface area (Å²) in [5.74, 6) is -0.0440. The Labute approximate surface area is 78.0 Å². The first-order chi connectivity index (χ1) is 6.31. The number of fused-ring (bicyclic) bond motifs is 1. The van der Waals surface area contributed by atoms with Gasteiger partial charge in [0.2, 0.25) is 0 Å². The minimum absolute atomic E-state index is 0.0440. The average Bonchev–Trinajstić information content (AvgIpc) is 2.18. The monoisotopic (exact) mass is 179 g/mol. The number of halogens is 1. The minimum atomic E-state index is -0.0440. The van der Waals surface area contributed by atoms with E-state index in [1.54, 1.807) is 12.1 Å². The van der Waals surface area contributed by atoms with Gasteiger partial charge in [-0.25, -0.2) is 4.39 Å². The lowest BCUT2D eigenvalue weighted by Crippen LogP contribution is -2.32. The molecule has 0 spiro atoms. The van der Waals surface area contributed by atoms with Crippen molar-refractivity contribution in [3.05, 3.63) is 35.1 Å². The lowest BCUT2D eigenvalue weighted by Gasteiger charge is -2.24. The van der Waals surface area contributed by atoms with Gasteiger partial charge in [-0.3, -0.25) is 0 Å². The molecule has 1 aliphatic carbocycles. The number of hydrogen-bond acceptors (Lipinski definition) is 1. The Kier molecular flexibility index (Phi) is 2.32. The maximum absolute atomic E-state index is 13.4. The van der Waals surface area contributed by atoms with Crippen LogP contribution in [0.4, 0.5) is 4.39 Å². The number of rotatable bonds is 1. The predicted octanol–water partition coefficient (Wildman–Crippen LogP) is 1.90. The van der Waals surface area contributed by atoms with Crippen molar-refractivity contribution in [3.63, 3.8) is 0 Å². The van der Waals surface area contributed by atoms with Crippen LogP contribution in [0.3, 0.4) is 0 Å². The van der Waals surface area contributed by atoms with Crippen molar-refractivity contribution in [2.75, 3.05) is 7.05 Å². The van der Waals surface area contributed by atoms with Crippen molar-refractivity contribution in [3.8, 4) is 0 Å². The SMILES string of the molecule is CNC1CCc2cccc(F)c2C1. The van der Waals surface area contributed by atoms with Crippen molar-refractivity contribution >= 4 is 0 Å². The summed E-state index contributed by atoms with van der Waals surface area (Å²) in [6.07, 6.45) is 2.95. The van der Waals surface area contributed by atoms with Gasteiger partial charge in [-0.05, 0) is 43.5 Å². The van der Waals surface area contributed by atoms with E-state index in [4.69, 9.17) is 0 Å². The molecule has 0 saturated carbocycles. The Bertz CT molecular complexity index is 309. The van der Waals surface area contributed by atoms with Gasteiger partial charge in [0.25, 0.3) is 0 Å². The second kappa shape index (κ2) is 3.46. The Balaban J connectivity index is 2.32. The fourth-order valence-corrected chi connectivity index (χ4v) is 1.99. The van der Waals surface area contributed by atoms with E-state index < -0.39 is 0 Å². The molecule has 1 aromatic rings. The fourth-order valence-electron chi connectivity index (χ4n) is 1.99. The van der Waals surface area contributed by atoms with Gasteiger partial charge < -0.3 is 5.32 Å². The summed E-state index contributed by atoms with van der Waals surface area (Å²) in [5, 5.41) is 3.21. The van der Waals surface area contributed by atoms with Crippen molar-refractivity contribution in [1.82, 2.24) is 5.32 Å². The average molecular weight is 179 g/mol. The summed E-state index contributed by atoms with van der Waals surface area (Å²) >= 11 is 0. The standard InChI is InChI=1S/C11H14FN/c1-13-9-6-5-8-3-2-4-11(12)10(8)7-9/h2-4,9,13H,5-7H2,1H3. The zero-order chi connectivity index (χ0) is 9.26. The maximum atomic E-state index is 13.4. The number of aryl methyl sites for hydroxylation is 1. The first kappa shape index (κ1) is 8.70. The molecule has 0 saturated heterocycles. The van der Waals surface area contributed by atoms with Crippen LogP contribution in [0.15, 0.2) is 18.2 Å². The van der Waals surface area contributed by atoms with E-state index in [1.165, 1.54) is 5.56 Å².